The number of amides is 2. The second-order valence-corrected chi connectivity index (χ2v) is 13.0. The number of nitrogens with zero attached hydrogens (tertiary/aromatic N) is 2. The number of rotatable bonds is 15. The molecule has 14 nitrogen and oxygen atoms in total. The van der Waals surface area contributed by atoms with Crippen LogP contribution in [0.2, 0.25) is 0 Å². The van der Waals surface area contributed by atoms with E-state index in [1.54, 1.807) is 12.1 Å². The first-order valence-electron chi connectivity index (χ1n) is 16.0. The first kappa shape index (κ1) is 35.8. The molecule has 6 aromatic rings. The maximum Gasteiger partial charge on any atom is 0.337 e. The van der Waals surface area contributed by atoms with Crippen LogP contribution >= 0.6 is 23.5 Å². The molecular weight excluding hydrogens is 709 g/mol. The predicted octanol–water partition coefficient (Wildman–Crippen LogP) is 6.76. The van der Waals surface area contributed by atoms with Gasteiger partial charge in [0, 0.05) is 12.1 Å². The monoisotopic (exact) mass is 740 g/mol. The van der Waals surface area contributed by atoms with Crippen molar-refractivity contribution in [3.63, 3.8) is 0 Å². The van der Waals surface area contributed by atoms with Gasteiger partial charge in [0.05, 0.1) is 69.3 Å². The average molecular weight is 741 g/mol. The molecule has 0 atom stereocenters. The zero-order valence-corrected chi connectivity index (χ0v) is 29.4. The Hall–Kier alpha value is -6.00. The van der Waals surface area contributed by atoms with E-state index < -0.39 is 23.8 Å². The van der Waals surface area contributed by atoms with E-state index in [1.165, 1.54) is 24.3 Å². The lowest BCUT2D eigenvalue weighted by molar-refractivity contribution is -0.114. The zero-order valence-electron chi connectivity index (χ0n) is 27.8. The van der Waals surface area contributed by atoms with Gasteiger partial charge in [0.1, 0.15) is 11.5 Å². The van der Waals surface area contributed by atoms with Crippen LogP contribution in [0.15, 0.2) is 83.1 Å². The van der Waals surface area contributed by atoms with Crippen LogP contribution in [0.25, 0.3) is 33.2 Å². The normalized spacial score (nSPS) is 11.0. The molecule has 0 fully saturated rings. The molecule has 16 heteroatoms. The first-order valence-corrected chi connectivity index (χ1v) is 17.9. The van der Waals surface area contributed by atoms with Crippen molar-refractivity contribution in [1.29, 1.82) is 0 Å². The molecule has 0 aliphatic heterocycles. The standard InChI is InChI=1S/C36H32N6O8S2/c1-3-49-21-7-11-27-29(15-21)41-35(39-27)51-17-31(43)37-25-9-5-19(13-23(25)33(45)46)20-6-10-26(24(14-20)34(47)48)38-32(44)18-52-36-40-28-12-8-22(50-4-2)16-30(28)42-36/h5-16H,3-4,17-18H2,1-2H3,(H,37,43)(H,38,44)(H,39,41)(H,40,42)(H,45,46)(H,47,48). The number of H-pyrrole nitrogens is 2. The smallest absolute Gasteiger partial charge is 0.337 e. The van der Waals surface area contributed by atoms with Gasteiger partial charge in [-0.05, 0) is 73.5 Å². The Labute approximate surface area is 304 Å². The third-order valence-corrected chi connectivity index (χ3v) is 9.29. The number of ether oxygens (including phenoxy) is 2. The molecule has 2 heterocycles. The molecule has 2 aromatic heterocycles. The van der Waals surface area contributed by atoms with Gasteiger partial charge in [-0.1, -0.05) is 35.7 Å². The molecule has 2 amide bonds. The summed E-state index contributed by atoms with van der Waals surface area (Å²) in [7, 11) is 0. The van der Waals surface area contributed by atoms with Gasteiger partial charge in [-0.3, -0.25) is 9.59 Å². The number of aromatic amines is 2. The second kappa shape index (κ2) is 15.9. The number of thioether (sulfide) groups is 2. The summed E-state index contributed by atoms with van der Waals surface area (Å²) in [5.74, 6) is -2.15. The molecule has 52 heavy (non-hydrogen) atoms. The van der Waals surface area contributed by atoms with E-state index in [1.807, 2.05) is 50.2 Å². The second-order valence-electron chi connectivity index (χ2n) is 11.1. The molecule has 0 saturated carbocycles. The van der Waals surface area contributed by atoms with Gasteiger partial charge < -0.3 is 40.3 Å². The van der Waals surface area contributed by atoms with Gasteiger partial charge in [0.15, 0.2) is 10.3 Å². The fraction of sp³-hybridized carbons (Fsp3) is 0.167. The third kappa shape index (κ3) is 8.47. The highest BCUT2D eigenvalue weighted by Crippen LogP contribution is 2.30. The molecule has 6 rings (SSSR count). The molecule has 0 aliphatic rings. The molecule has 0 spiro atoms. The number of nitrogens with one attached hydrogen (secondary N) is 4. The number of anilines is 2. The van der Waals surface area contributed by atoms with Gasteiger partial charge in [0.25, 0.3) is 0 Å². The van der Waals surface area contributed by atoms with E-state index in [-0.39, 0.29) is 34.0 Å². The van der Waals surface area contributed by atoms with Crippen molar-refractivity contribution >= 4 is 80.7 Å². The van der Waals surface area contributed by atoms with E-state index in [9.17, 15) is 29.4 Å². The van der Waals surface area contributed by atoms with Gasteiger partial charge in [-0.15, -0.1) is 0 Å². The van der Waals surface area contributed by atoms with Crippen LogP contribution < -0.4 is 20.1 Å². The molecule has 0 unspecified atom stereocenters. The third-order valence-electron chi connectivity index (χ3n) is 7.55. The molecule has 6 N–H and O–H groups in total. The van der Waals surface area contributed by atoms with E-state index in [2.05, 4.69) is 30.6 Å². The van der Waals surface area contributed by atoms with Crippen molar-refractivity contribution in [2.45, 2.75) is 24.2 Å². The van der Waals surface area contributed by atoms with Crippen LogP contribution in [0.1, 0.15) is 34.6 Å². The lowest BCUT2D eigenvalue weighted by atomic mass is 9.99. The average Bonchev–Trinajstić information content (AvgIpc) is 3.73. The van der Waals surface area contributed by atoms with E-state index in [0.29, 0.717) is 57.2 Å². The van der Waals surface area contributed by atoms with Crippen molar-refractivity contribution in [3.05, 3.63) is 83.9 Å². The van der Waals surface area contributed by atoms with Crippen LogP contribution in [0, 0.1) is 0 Å². The summed E-state index contributed by atoms with van der Waals surface area (Å²) in [5.41, 5.74) is 3.52. The topological polar surface area (TPSA) is 209 Å². The minimum atomic E-state index is -1.29. The Morgan fingerprint density at radius 2 is 1.06 bits per heavy atom. The number of aromatic carboxylic acids is 2. The molecule has 0 aliphatic carbocycles. The first-order chi connectivity index (χ1) is 25.1. The SMILES string of the molecule is CCOc1ccc2nc(SCC(=O)Nc3ccc(-c4ccc(NC(=O)CSc5nc6ccc(OCC)cc6[nH]5)c(C(=O)O)c4)cc3C(=O)O)[nH]c2c1. The van der Waals surface area contributed by atoms with Crippen molar-refractivity contribution in [3.8, 4) is 22.6 Å². The number of carbonyl (C=O) groups is 4. The summed E-state index contributed by atoms with van der Waals surface area (Å²) in [6, 6.07) is 19.6. The largest absolute Gasteiger partial charge is 0.494 e. The van der Waals surface area contributed by atoms with Gasteiger partial charge >= 0.3 is 11.9 Å². The summed E-state index contributed by atoms with van der Waals surface area (Å²) < 4.78 is 11.0. The summed E-state index contributed by atoms with van der Waals surface area (Å²) in [4.78, 5) is 65.3. The number of hydrogen-bond acceptors (Lipinski definition) is 10. The number of carboxylic acid groups (broad SMARTS) is 2. The van der Waals surface area contributed by atoms with Crippen LogP contribution in [0.3, 0.4) is 0 Å². The number of carboxylic acids is 2. The summed E-state index contributed by atoms with van der Waals surface area (Å²) in [6.07, 6.45) is 0. The Balaban J connectivity index is 1.10. The molecule has 4 aromatic carbocycles. The van der Waals surface area contributed by atoms with Gasteiger partial charge in [-0.2, -0.15) is 0 Å². The fourth-order valence-electron chi connectivity index (χ4n) is 5.24. The molecular formula is C36H32N6O8S2. The minimum absolute atomic E-state index is 0.0415. The number of hydrogen-bond donors (Lipinski definition) is 6. The number of aromatic nitrogens is 4. The Morgan fingerprint density at radius 1 is 0.635 bits per heavy atom. The van der Waals surface area contributed by atoms with Crippen molar-refractivity contribution in [1.82, 2.24) is 19.9 Å². The van der Waals surface area contributed by atoms with Crippen LogP contribution in [0.5, 0.6) is 11.5 Å². The summed E-state index contributed by atoms with van der Waals surface area (Å²) in [6.45, 7) is 4.84. The van der Waals surface area contributed by atoms with E-state index in [0.717, 1.165) is 34.6 Å². The Morgan fingerprint density at radius 3 is 1.44 bits per heavy atom. The van der Waals surface area contributed by atoms with E-state index in [4.69, 9.17) is 9.47 Å². The highest BCUT2D eigenvalue weighted by atomic mass is 32.2. The van der Waals surface area contributed by atoms with Gasteiger partial charge in [0.2, 0.25) is 11.8 Å². The van der Waals surface area contributed by atoms with Crippen molar-refractivity contribution < 1.29 is 38.9 Å². The summed E-state index contributed by atoms with van der Waals surface area (Å²) in [5, 5.41) is 26.2. The van der Waals surface area contributed by atoms with Crippen LogP contribution in [-0.4, -0.2) is 78.6 Å². The Kier molecular flexibility index (Phi) is 11.0. The highest BCUT2D eigenvalue weighted by Gasteiger charge is 2.19. The maximum atomic E-state index is 12.8. The maximum absolute atomic E-state index is 12.8. The van der Waals surface area contributed by atoms with E-state index >= 15 is 0 Å². The zero-order chi connectivity index (χ0) is 36.8. The lowest BCUT2D eigenvalue weighted by Gasteiger charge is -2.13. The van der Waals surface area contributed by atoms with Crippen molar-refractivity contribution in [2.75, 3.05) is 35.4 Å². The predicted molar refractivity (Wildman–Crippen MR) is 199 cm³/mol. The number of imidazole rings is 2. The molecule has 0 radical (unpaired) electrons. The highest BCUT2D eigenvalue weighted by molar-refractivity contribution is 8.00. The lowest BCUT2D eigenvalue weighted by Crippen LogP contribution is -2.17. The minimum Gasteiger partial charge on any atom is -0.494 e. The van der Waals surface area contributed by atoms with Crippen molar-refractivity contribution in [2.24, 2.45) is 0 Å². The van der Waals surface area contributed by atoms with Gasteiger partial charge in [-0.25, -0.2) is 19.6 Å². The summed E-state index contributed by atoms with van der Waals surface area (Å²) >= 11 is 2.32. The van der Waals surface area contributed by atoms with Crippen LogP contribution in [0.4, 0.5) is 11.4 Å². The van der Waals surface area contributed by atoms with Crippen LogP contribution in [-0.2, 0) is 9.59 Å². The molecule has 0 bridgehead atoms. The molecule has 266 valence electrons. The Bertz CT molecular complexity index is 2160. The number of benzene rings is 4. The fourth-order valence-corrected chi connectivity index (χ4v) is 6.61. The molecule has 0 saturated heterocycles. The number of carbonyl (C=O) groups excluding carboxylic acids is 2. The quantitative estimate of drug-likeness (QED) is 0.0604. The number of fused-ring (bicyclic) bond motifs is 2.